The smallest absolute Gasteiger partial charge is 0.0854 e. The van der Waals surface area contributed by atoms with Crippen LogP contribution in [0.5, 0.6) is 0 Å². The summed E-state index contributed by atoms with van der Waals surface area (Å²) in [6, 6.07) is 0. The quantitative estimate of drug-likeness (QED) is 0.338. The maximum atomic E-state index is 7.50. The highest BCUT2D eigenvalue weighted by Crippen LogP contribution is 1.88. The maximum absolute atomic E-state index is 7.50. The van der Waals surface area contributed by atoms with Gasteiger partial charge in [0.05, 0.1) is 6.61 Å². The Balaban J connectivity index is 2.60. The molecule has 0 aliphatic heterocycles. The molecule has 0 amide bonds. The third-order valence-corrected chi connectivity index (χ3v) is 0.688. The molecule has 0 spiro atoms. The molecular weight excluding hydrogens is 128 g/mol. The normalized spacial score (nSPS) is 10.0. The molecule has 0 aliphatic carbocycles. The highest BCUT2D eigenvalue weighted by Gasteiger charge is 1.86. The molecule has 0 saturated heterocycles. The van der Waals surface area contributed by atoms with Crippen LogP contribution in [0.15, 0.2) is 0 Å². The first-order valence-corrected chi connectivity index (χ1v) is 2.68. The molecule has 1 N–H and O–H groups in total. The summed E-state index contributed by atoms with van der Waals surface area (Å²) in [5.74, 6) is 0. The zero-order valence-electron chi connectivity index (χ0n) is 5.20. The summed E-state index contributed by atoms with van der Waals surface area (Å²) in [5.41, 5.74) is 0. The molecule has 0 radical (unpaired) electrons. The van der Waals surface area contributed by atoms with E-state index in [1.54, 1.807) is 0 Å². The van der Waals surface area contributed by atoms with Crippen LogP contribution in [0, 0.1) is 0 Å². The molecule has 0 aliphatic rings. The van der Waals surface area contributed by atoms with Gasteiger partial charge in [0.2, 0.25) is 0 Å². The highest BCUT2D eigenvalue weighted by atomic mass is 17.8. The van der Waals surface area contributed by atoms with Gasteiger partial charge in [0, 0.05) is 0 Å². The van der Waals surface area contributed by atoms with Crippen molar-refractivity contribution in [2.45, 2.75) is 19.8 Å². The maximum Gasteiger partial charge on any atom is 0.0854 e. The van der Waals surface area contributed by atoms with Crippen LogP contribution >= 0.6 is 0 Å². The first-order chi connectivity index (χ1) is 4.41. The third-order valence-electron chi connectivity index (χ3n) is 0.688. The predicted molar refractivity (Wildman–Crippen MR) is 26.7 cm³/mol. The Bertz CT molecular complexity index is 42.2. The summed E-state index contributed by atoms with van der Waals surface area (Å²) in [7, 11) is 0. The summed E-state index contributed by atoms with van der Waals surface area (Å²) < 4.78 is 0. The van der Waals surface area contributed by atoms with Crippen molar-refractivity contribution < 1.29 is 25.3 Å². The minimum absolute atomic E-state index is 0.417. The SMILES string of the molecule is CCCCOOOOO. The number of rotatable bonds is 6. The monoisotopic (exact) mass is 138 g/mol. The Hall–Kier alpha value is -0.200. The van der Waals surface area contributed by atoms with E-state index in [1.165, 1.54) is 0 Å². The summed E-state index contributed by atoms with van der Waals surface area (Å²) in [6.07, 6.45) is 1.87. The first kappa shape index (κ1) is 8.80. The summed E-state index contributed by atoms with van der Waals surface area (Å²) >= 11 is 0. The second-order valence-corrected chi connectivity index (χ2v) is 1.39. The molecule has 0 aromatic carbocycles. The Morgan fingerprint density at radius 3 is 2.67 bits per heavy atom. The van der Waals surface area contributed by atoms with Crippen molar-refractivity contribution >= 4 is 0 Å². The van der Waals surface area contributed by atoms with Crippen LogP contribution in [0.3, 0.4) is 0 Å². The fourth-order valence-electron chi connectivity index (χ4n) is 0.269. The molecule has 0 aromatic rings. The molecule has 0 rings (SSSR count). The molecule has 0 heterocycles. The molecule has 5 heteroatoms. The minimum Gasteiger partial charge on any atom is -0.219 e. The van der Waals surface area contributed by atoms with E-state index < -0.39 is 0 Å². The van der Waals surface area contributed by atoms with E-state index >= 15 is 0 Å². The summed E-state index contributed by atoms with van der Waals surface area (Å²) in [4.78, 5) is 4.31. The van der Waals surface area contributed by atoms with Gasteiger partial charge in [0.25, 0.3) is 0 Å². The van der Waals surface area contributed by atoms with E-state index in [4.69, 9.17) is 5.26 Å². The van der Waals surface area contributed by atoms with E-state index in [1.807, 2.05) is 6.92 Å². The van der Waals surface area contributed by atoms with E-state index in [2.05, 4.69) is 20.0 Å². The van der Waals surface area contributed by atoms with E-state index in [0.29, 0.717) is 6.61 Å². The van der Waals surface area contributed by atoms with Gasteiger partial charge < -0.3 is 0 Å². The van der Waals surface area contributed by atoms with Crippen molar-refractivity contribution in [3.05, 3.63) is 0 Å². The van der Waals surface area contributed by atoms with Crippen LogP contribution in [0.25, 0.3) is 0 Å². The molecule has 5 nitrogen and oxygen atoms in total. The Morgan fingerprint density at radius 1 is 1.33 bits per heavy atom. The number of unbranched alkanes of at least 4 members (excludes halogenated alkanes) is 1. The third kappa shape index (κ3) is 7.80. The standard InChI is InChI=1S/C4H10O5/c1-2-3-4-6-8-9-7-5/h5H,2-4H2,1H3. The van der Waals surface area contributed by atoms with Crippen LogP contribution in [0.2, 0.25) is 0 Å². The van der Waals surface area contributed by atoms with Crippen LogP contribution < -0.4 is 0 Å². The average molecular weight is 138 g/mol. The molecule has 9 heavy (non-hydrogen) atoms. The Labute approximate surface area is 52.8 Å². The van der Waals surface area contributed by atoms with Crippen molar-refractivity contribution in [2.75, 3.05) is 6.61 Å². The van der Waals surface area contributed by atoms with Gasteiger partial charge in [-0.15, -0.1) is 0 Å². The van der Waals surface area contributed by atoms with Gasteiger partial charge in [0.1, 0.15) is 0 Å². The molecule has 0 bridgehead atoms. The van der Waals surface area contributed by atoms with Crippen LogP contribution in [0.4, 0.5) is 0 Å². The molecule has 0 aromatic heterocycles. The van der Waals surface area contributed by atoms with Gasteiger partial charge >= 0.3 is 0 Å². The fourth-order valence-corrected chi connectivity index (χ4v) is 0.269. The molecule has 56 valence electrons. The lowest BCUT2D eigenvalue weighted by atomic mass is 10.4. The number of hydrogen-bond acceptors (Lipinski definition) is 5. The van der Waals surface area contributed by atoms with Crippen molar-refractivity contribution in [1.82, 2.24) is 0 Å². The summed E-state index contributed by atoms with van der Waals surface area (Å²) in [5, 5.41) is 17.9. The lowest BCUT2D eigenvalue weighted by Crippen LogP contribution is -1.97. The second-order valence-electron chi connectivity index (χ2n) is 1.39. The van der Waals surface area contributed by atoms with Crippen molar-refractivity contribution in [3.8, 4) is 0 Å². The first-order valence-electron chi connectivity index (χ1n) is 2.68. The minimum atomic E-state index is 0.417. The highest BCUT2D eigenvalue weighted by molar-refractivity contribution is 4.25. The number of hydrogen-bond donors (Lipinski definition) is 1. The molecule has 0 fully saturated rings. The molecule has 0 unspecified atom stereocenters. The zero-order chi connectivity index (χ0) is 6.95. The molecule has 0 atom stereocenters. The average Bonchev–Trinajstić information content (AvgIpc) is 1.89. The van der Waals surface area contributed by atoms with Gasteiger partial charge in [-0.3, -0.25) is 0 Å². The van der Waals surface area contributed by atoms with Crippen LogP contribution in [-0.2, 0) is 20.0 Å². The molecular formula is C4H10O5. The lowest BCUT2D eigenvalue weighted by molar-refractivity contribution is -0.702. The zero-order valence-corrected chi connectivity index (χ0v) is 5.20. The van der Waals surface area contributed by atoms with Crippen molar-refractivity contribution in [1.29, 1.82) is 0 Å². The summed E-state index contributed by atoms with van der Waals surface area (Å²) in [6.45, 7) is 2.42. The fraction of sp³-hybridized carbons (Fsp3) is 1.00. The van der Waals surface area contributed by atoms with Crippen LogP contribution in [0.1, 0.15) is 19.8 Å². The topological polar surface area (TPSA) is 57.2 Å². The van der Waals surface area contributed by atoms with Crippen molar-refractivity contribution in [3.63, 3.8) is 0 Å². The Morgan fingerprint density at radius 2 is 2.11 bits per heavy atom. The second kappa shape index (κ2) is 7.80. The Kier molecular flexibility index (Phi) is 7.63. The van der Waals surface area contributed by atoms with E-state index in [-0.39, 0.29) is 0 Å². The largest absolute Gasteiger partial charge is 0.219 e. The predicted octanol–water partition coefficient (Wildman–Crippen LogP) is 1.07. The lowest BCUT2D eigenvalue weighted by Gasteiger charge is -1.95. The van der Waals surface area contributed by atoms with E-state index in [0.717, 1.165) is 12.8 Å². The van der Waals surface area contributed by atoms with Gasteiger partial charge in [-0.05, 0) is 21.5 Å². The van der Waals surface area contributed by atoms with Gasteiger partial charge in [-0.25, -0.2) is 10.1 Å². The van der Waals surface area contributed by atoms with Gasteiger partial charge in [-0.2, -0.15) is 0 Å². The molecule has 0 saturated carbocycles. The van der Waals surface area contributed by atoms with E-state index in [9.17, 15) is 0 Å². The van der Waals surface area contributed by atoms with Gasteiger partial charge in [0.15, 0.2) is 0 Å². The van der Waals surface area contributed by atoms with Crippen LogP contribution in [-0.4, -0.2) is 11.9 Å². The van der Waals surface area contributed by atoms with Gasteiger partial charge in [-0.1, -0.05) is 13.3 Å². The van der Waals surface area contributed by atoms with Crippen molar-refractivity contribution in [2.24, 2.45) is 0 Å².